The number of nitrogens with one attached hydrogen (secondary N) is 1. The summed E-state index contributed by atoms with van der Waals surface area (Å²) in [5.41, 5.74) is 1.77. The van der Waals surface area contributed by atoms with Crippen LogP contribution in [0.5, 0.6) is 0 Å². The molecule has 160 valence electrons. The molecule has 0 aliphatic carbocycles. The lowest BCUT2D eigenvalue weighted by Gasteiger charge is -2.29. The van der Waals surface area contributed by atoms with Gasteiger partial charge >= 0.3 is 6.18 Å². The van der Waals surface area contributed by atoms with E-state index in [1.54, 1.807) is 6.07 Å². The molecule has 0 bridgehead atoms. The summed E-state index contributed by atoms with van der Waals surface area (Å²) in [5.74, 6) is 0.729. The molecule has 0 spiro atoms. The molecular formula is C25H24F3N3. The third-order valence-electron chi connectivity index (χ3n) is 5.30. The fraction of sp³-hybridized carbons (Fsp3) is 0.240. The van der Waals surface area contributed by atoms with Crippen molar-refractivity contribution >= 4 is 11.5 Å². The summed E-state index contributed by atoms with van der Waals surface area (Å²) >= 11 is 0. The molecule has 0 saturated carbocycles. The van der Waals surface area contributed by atoms with Crippen LogP contribution in [0.2, 0.25) is 0 Å². The van der Waals surface area contributed by atoms with Crippen molar-refractivity contribution in [1.82, 2.24) is 10.2 Å². The summed E-state index contributed by atoms with van der Waals surface area (Å²) in [7, 11) is 0. The summed E-state index contributed by atoms with van der Waals surface area (Å²) in [6.45, 7) is 2.21. The third-order valence-corrected chi connectivity index (χ3v) is 5.30. The molecular weight excluding hydrogens is 399 g/mol. The molecule has 1 N–H and O–H groups in total. The summed E-state index contributed by atoms with van der Waals surface area (Å²) in [4.78, 5) is 6.94. The minimum absolute atomic E-state index is 0.207. The highest BCUT2D eigenvalue weighted by Crippen LogP contribution is 2.32. The van der Waals surface area contributed by atoms with Crippen LogP contribution in [0.4, 0.5) is 18.9 Å². The van der Waals surface area contributed by atoms with Crippen molar-refractivity contribution in [3.63, 3.8) is 0 Å². The van der Waals surface area contributed by atoms with Crippen LogP contribution < -0.4 is 5.32 Å². The van der Waals surface area contributed by atoms with Gasteiger partial charge in [-0.3, -0.25) is 0 Å². The van der Waals surface area contributed by atoms with Gasteiger partial charge in [0.15, 0.2) is 0 Å². The van der Waals surface area contributed by atoms with Crippen molar-refractivity contribution in [3.05, 3.63) is 102 Å². The van der Waals surface area contributed by atoms with Gasteiger partial charge in [-0.05, 0) is 42.3 Å². The molecule has 3 aromatic carbocycles. The average Bonchev–Trinajstić information content (AvgIpc) is 2.97. The lowest BCUT2D eigenvalue weighted by atomic mass is 10.0. The second-order valence-corrected chi connectivity index (χ2v) is 7.58. The number of alkyl halides is 3. The molecule has 0 amide bonds. The molecule has 1 fully saturated rings. The van der Waals surface area contributed by atoms with Crippen molar-refractivity contribution in [3.8, 4) is 0 Å². The van der Waals surface area contributed by atoms with Crippen molar-refractivity contribution < 1.29 is 13.2 Å². The van der Waals surface area contributed by atoms with Gasteiger partial charge in [0.1, 0.15) is 5.84 Å². The standard InChI is InChI=1S/C25H24F3N3/c26-25(27,28)21-13-7-14-22(17-21)30-24-23(20-11-5-2-6-12-20)29-15-8-16-31(24)18-19-9-3-1-4-10-19/h1-7,9-14,17,23,29H,8,15-16,18H2/b30-24-. The topological polar surface area (TPSA) is 27.6 Å². The van der Waals surface area contributed by atoms with Crippen molar-refractivity contribution in [2.45, 2.75) is 25.2 Å². The second-order valence-electron chi connectivity index (χ2n) is 7.58. The molecule has 1 unspecified atom stereocenters. The first-order chi connectivity index (χ1) is 15.0. The van der Waals surface area contributed by atoms with E-state index in [0.29, 0.717) is 12.2 Å². The van der Waals surface area contributed by atoms with Crippen LogP contribution in [0.3, 0.4) is 0 Å². The van der Waals surface area contributed by atoms with E-state index in [1.807, 2.05) is 48.5 Å². The number of amidine groups is 1. The zero-order valence-corrected chi connectivity index (χ0v) is 17.0. The third kappa shape index (κ3) is 5.33. The largest absolute Gasteiger partial charge is 0.416 e. The molecule has 1 aliphatic heterocycles. The number of aliphatic imine (C=N–C) groups is 1. The molecule has 4 rings (SSSR count). The van der Waals surface area contributed by atoms with E-state index in [0.717, 1.165) is 48.6 Å². The zero-order chi connectivity index (χ0) is 21.7. The minimum Gasteiger partial charge on any atom is -0.354 e. The van der Waals surface area contributed by atoms with Gasteiger partial charge in [-0.15, -0.1) is 0 Å². The number of rotatable bonds is 4. The van der Waals surface area contributed by atoms with Crippen molar-refractivity contribution in [2.24, 2.45) is 4.99 Å². The van der Waals surface area contributed by atoms with Crippen LogP contribution in [0.15, 0.2) is 89.9 Å². The van der Waals surface area contributed by atoms with E-state index in [2.05, 4.69) is 22.3 Å². The van der Waals surface area contributed by atoms with Gasteiger partial charge in [-0.1, -0.05) is 66.7 Å². The average molecular weight is 423 g/mol. The molecule has 3 nitrogen and oxygen atoms in total. The molecule has 0 aromatic heterocycles. The fourth-order valence-corrected chi connectivity index (χ4v) is 3.80. The van der Waals surface area contributed by atoms with Gasteiger partial charge in [0.05, 0.1) is 17.3 Å². The fourth-order valence-electron chi connectivity index (χ4n) is 3.80. The summed E-state index contributed by atoms with van der Waals surface area (Å²) in [6, 6.07) is 25.0. The van der Waals surface area contributed by atoms with Crippen LogP contribution in [0.1, 0.15) is 29.2 Å². The van der Waals surface area contributed by atoms with Gasteiger partial charge in [-0.25, -0.2) is 4.99 Å². The number of hydrogen-bond donors (Lipinski definition) is 1. The van der Waals surface area contributed by atoms with Crippen molar-refractivity contribution in [2.75, 3.05) is 13.1 Å². The van der Waals surface area contributed by atoms with Gasteiger partial charge in [0.25, 0.3) is 0 Å². The second kappa shape index (κ2) is 9.35. The Bertz CT molecular complexity index is 1020. The van der Waals surface area contributed by atoms with Gasteiger partial charge < -0.3 is 10.2 Å². The quantitative estimate of drug-likeness (QED) is 0.560. The first-order valence-corrected chi connectivity index (χ1v) is 10.3. The highest BCUT2D eigenvalue weighted by atomic mass is 19.4. The van der Waals surface area contributed by atoms with E-state index in [1.165, 1.54) is 6.07 Å². The van der Waals surface area contributed by atoms with Gasteiger partial charge in [0, 0.05) is 13.1 Å². The molecule has 0 radical (unpaired) electrons. The smallest absolute Gasteiger partial charge is 0.354 e. The number of benzene rings is 3. The van der Waals surface area contributed by atoms with Crippen LogP contribution >= 0.6 is 0 Å². The maximum Gasteiger partial charge on any atom is 0.416 e. The van der Waals surface area contributed by atoms with Crippen LogP contribution in [-0.2, 0) is 12.7 Å². The summed E-state index contributed by atoms with van der Waals surface area (Å²) in [6.07, 6.45) is -3.49. The van der Waals surface area contributed by atoms with E-state index in [9.17, 15) is 13.2 Å². The molecule has 1 atom stereocenters. The van der Waals surface area contributed by atoms with E-state index in [4.69, 9.17) is 4.99 Å². The summed E-state index contributed by atoms with van der Waals surface area (Å²) < 4.78 is 39.7. The van der Waals surface area contributed by atoms with Gasteiger partial charge in [0.2, 0.25) is 0 Å². The predicted molar refractivity (Wildman–Crippen MR) is 117 cm³/mol. The highest BCUT2D eigenvalue weighted by molar-refractivity contribution is 5.91. The van der Waals surface area contributed by atoms with Crippen molar-refractivity contribution in [1.29, 1.82) is 0 Å². The molecule has 1 saturated heterocycles. The maximum absolute atomic E-state index is 13.2. The highest BCUT2D eigenvalue weighted by Gasteiger charge is 2.31. The van der Waals surface area contributed by atoms with Crippen LogP contribution in [-0.4, -0.2) is 23.8 Å². The normalized spacial score (nSPS) is 18.7. The molecule has 1 heterocycles. The molecule has 6 heteroatoms. The number of hydrogen-bond acceptors (Lipinski definition) is 2. The number of halogens is 3. The Kier molecular flexibility index (Phi) is 6.37. The Hall–Kier alpha value is -3.12. The Balaban J connectivity index is 1.77. The lowest BCUT2D eigenvalue weighted by Crippen LogP contribution is -2.37. The Morgan fingerprint density at radius 2 is 1.61 bits per heavy atom. The lowest BCUT2D eigenvalue weighted by molar-refractivity contribution is -0.137. The number of nitrogens with zero attached hydrogens (tertiary/aromatic N) is 2. The SMILES string of the molecule is FC(F)(F)c1cccc(/N=C2/C(c3ccccc3)NCCCN2Cc2ccccc2)c1. The zero-order valence-electron chi connectivity index (χ0n) is 17.0. The first kappa shape index (κ1) is 21.1. The Morgan fingerprint density at radius 1 is 0.903 bits per heavy atom. The van der Waals surface area contributed by atoms with E-state index < -0.39 is 11.7 Å². The van der Waals surface area contributed by atoms with Gasteiger partial charge in [-0.2, -0.15) is 13.2 Å². The van der Waals surface area contributed by atoms with E-state index >= 15 is 0 Å². The van der Waals surface area contributed by atoms with E-state index in [-0.39, 0.29) is 6.04 Å². The maximum atomic E-state index is 13.2. The van der Waals surface area contributed by atoms with Crippen LogP contribution in [0, 0.1) is 0 Å². The Morgan fingerprint density at radius 3 is 2.32 bits per heavy atom. The predicted octanol–water partition coefficient (Wildman–Crippen LogP) is 5.97. The Labute approximate surface area is 180 Å². The summed E-state index contributed by atoms with van der Waals surface area (Å²) in [5, 5.41) is 3.53. The monoisotopic (exact) mass is 423 g/mol. The first-order valence-electron chi connectivity index (χ1n) is 10.3. The minimum atomic E-state index is -4.40. The molecule has 3 aromatic rings. The molecule has 1 aliphatic rings. The molecule has 31 heavy (non-hydrogen) atoms. The van der Waals surface area contributed by atoms with Crippen LogP contribution in [0.25, 0.3) is 0 Å².